The number of rotatable bonds is 4. The second kappa shape index (κ2) is 5.44. The summed E-state index contributed by atoms with van der Waals surface area (Å²) in [7, 11) is 3.49. The summed E-state index contributed by atoms with van der Waals surface area (Å²) in [5, 5.41) is 5.06. The van der Waals surface area contributed by atoms with Gasteiger partial charge in [0.05, 0.1) is 12.8 Å². The van der Waals surface area contributed by atoms with Crippen LogP contribution in [-0.4, -0.2) is 16.9 Å². The van der Waals surface area contributed by atoms with Crippen molar-refractivity contribution in [2.24, 2.45) is 7.05 Å². The summed E-state index contributed by atoms with van der Waals surface area (Å²) < 4.78 is 12.9. The van der Waals surface area contributed by atoms with E-state index in [1.165, 1.54) is 0 Å². The van der Waals surface area contributed by atoms with Gasteiger partial charge in [0.2, 0.25) is 5.88 Å². The van der Waals surface area contributed by atoms with Crippen LogP contribution in [0.25, 0.3) is 0 Å². The Morgan fingerprint density at radius 3 is 2.56 bits per heavy atom. The van der Waals surface area contributed by atoms with E-state index in [0.29, 0.717) is 16.8 Å². The molecule has 0 atom stereocenters. The smallest absolute Gasteiger partial charge is 0.222 e. The van der Waals surface area contributed by atoms with E-state index < -0.39 is 0 Å². The number of halogens is 1. The summed E-state index contributed by atoms with van der Waals surface area (Å²) in [4.78, 5) is 0. The molecule has 0 aliphatic heterocycles. The SMILES string of the molecule is COc1ccccc1Oc1c(CBr)c(C)nn1C. The predicted molar refractivity (Wildman–Crippen MR) is 73.6 cm³/mol. The highest BCUT2D eigenvalue weighted by molar-refractivity contribution is 9.08. The number of aryl methyl sites for hydroxylation is 2. The Morgan fingerprint density at radius 1 is 1.28 bits per heavy atom. The van der Waals surface area contributed by atoms with E-state index >= 15 is 0 Å². The summed E-state index contributed by atoms with van der Waals surface area (Å²) >= 11 is 3.46. The van der Waals surface area contributed by atoms with Crippen molar-refractivity contribution in [3.05, 3.63) is 35.5 Å². The van der Waals surface area contributed by atoms with Gasteiger partial charge in [-0.3, -0.25) is 0 Å². The standard InChI is InChI=1S/C13H15BrN2O2/c1-9-10(8-14)13(16(2)15-9)18-12-7-5-4-6-11(12)17-3/h4-7H,8H2,1-3H3. The van der Waals surface area contributed by atoms with E-state index in [1.807, 2.05) is 38.2 Å². The number of alkyl halides is 1. The zero-order valence-corrected chi connectivity index (χ0v) is 12.2. The molecule has 0 saturated heterocycles. The van der Waals surface area contributed by atoms with Crippen molar-refractivity contribution in [2.75, 3.05) is 7.11 Å². The number of methoxy groups -OCH3 is 1. The molecule has 2 rings (SSSR count). The lowest BCUT2D eigenvalue weighted by Gasteiger charge is -2.11. The lowest BCUT2D eigenvalue weighted by molar-refractivity contribution is 0.364. The molecule has 2 aromatic rings. The maximum Gasteiger partial charge on any atom is 0.222 e. The van der Waals surface area contributed by atoms with E-state index in [9.17, 15) is 0 Å². The van der Waals surface area contributed by atoms with Gasteiger partial charge in [0, 0.05) is 17.9 Å². The van der Waals surface area contributed by atoms with Crippen LogP contribution in [0, 0.1) is 6.92 Å². The first-order valence-electron chi connectivity index (χ1n) is 5.56. The van der Waals surface area contributed by atoms with Gasteiger partial charge in [-0.1, -0.05) is 28.1 Å². The quantitative estimate of drug-likeness (QED) is 0.812. The minimum absolute atomic E-state index is 0.685. The predicted octanol–water partition coefficient (Wildman–Crippen LogP) is 3.42. The van der Waals surface area contributed by atoms with E-state index in [-0.39, 0.29) is 0 Å². The summed E-state index contributed by atoms with van der Waals surface area (Å²) in [5.41, 5.74) is 2.00. The number of benzene rings is 1. The monoisotopic (exact) mass is 310 g/mol. The fourth-order valence-corrected chi connectivity index (χ4v) is 2.42. The first kappa shape index (κ1) is 13.0. The Kier molecular flexibility index (Phi) is 3.91. The van der Waals surface area contributed by atoms with Crippen molar-refractivity contribution < 1.29 is 9.47 Å². The molecule has 18 heavy (non-hydrogen) atoms. The Hall–Kier alpha value is -1.49. The largest absolute Gasteiger partial charge is 0.493 e. The highest BCUT2D eigenvalue weighted by Gasteiger charge is 2.15. The topological polar surface area (TPSA) is 36.3 Å². The Bertz CT molecular complexity index is 552. The van der Waals surface area contributed by atoms with Crippen molar-refractivity contribution in [3.8, 4) is 17.4 Å². The molecule has 1 heterocycles. The molecule has 0 N–H and O–H groups in total. The van der Waals surface area contributed by atoms with Gasteiger partial charge < -0.3 is 9.47 Å². The molecule has 1 aromatic heterocycles. The fourth-order valence-electron chi connectivity index (χ4n) is 1.77. The zero-order valence-electron chi connectivity index (χ0n) is 10.6. The Morgan fingerprint density at radius 2 is 1.94 bits per heavy atom. The van der Waals surface area contributed by atoms with Gasteiger partial charge in [-0.05, 0) is 19.1 Å². The average Bonchev–Trinajstić information content (AvgIpc) is 2.64. The van der Waals surface area contributed by atoms with Crippen molar-refractivity contribution in [1.82, 2.24) is 9.78 Å². The van der Waals surface area contributed by atoms with Gasteiger partial charge in [0.15, 0.2) is 11.5 Å². The minimum atomic E-state index is 0.685. The number of ether oxygens (including phenoxy) is 2. The minimum Gasteiger partial charge on any atom is -0.493 e. The normalized spacial score (nSPS) is 10.4. The number of nitrogens with zero attached hydrogens (tertiary/aromatic N) is 2. The van der Waals surface area contributed by atoms with Crippen LogP contribution >= 0.6 is 15.9 Å². The van der Waals surface area contributed by atoms with Gasteiger partial charge in [-0.15, -0.1) is 0 Å². The van der Waals surface area contributed by atoms with Crippen LogP contribution in [0.2, 0.25) is 0 Å². The third-order valence-corrected chi connectivity index (χ3v) is 3.26. The first-order valence-corrected chi connectivity index (χ1v) is 6.68. The number of hydrogen-bond acceptors (Lipinski definition) is 3. The van der Waals surface area contributed by atoms with E-state index in [0.717, 1.165) is 17.1 Å². The molecule has 0 aliphatic rings. The molecular formula is C13H15BrN2O2. The summed E-state index contributed by atoms with van der Waals surface area (Å²) in [5.74, 6) is 2.12. The zero-order chi connectivity index (χ0) is 13.1. The van der Waals surface area contributed by atoms with Gasteiger partial charge in [-0.2, -0.15) is 5.10 Å². The van der Waals surface area contributed by atoms with Crippen LogP contribution in [0.3, 0.4) is 0 Å². The summed E-state index contributed by atoms with van der Waals surface area (Å²) in [6, 6.07) is 7.56. The van der Waals surface area contributed by atoms with Gasteiger partial charge in [0.25, 0.3) is 0 Å². The van der Waals surface area contributed by atoms with E-state index in [1.54, 1.807) is 11.8 Å². The third kappa shape index (κ3) is 2.36. The lowest BCUT2D eigenvalue weighted by Crippen LogP contribution is -1.98. The number of hydrogen-bond donors (Lipinski definition) is 0. The fraction of sp³-hybridized carbons (Fsp3) is 0.308. The molecule has 0 fully saturated rings. The molecule has 0 unspecified atom stereocenters. The molecule has 0 bridgehead atoms. The average molecular weight is 311 g/mol. The van der Waals surface area contributed by atoms with Crippen LogP contribution in [0.1, 0.15) is 11.3 Å². The van der Waals surface area contributed by atoms with Crippen LogP contribution in [-0.2, 0) is 12.4 Å². The molecular weight excluding hydrogens is 296 g/mol. The highest BCUT2D eigenvalue weighted by Crippen LogP contribution is 2.34. The van der Waals surface area contributed by atoms with E-state index in [2.05, 4.69) is 21.0 Å². The molecule has 1 aromatic carbocycles. The van der Waals surface area contributed by atoms with Crippen LogP contribution in [0.5, 0.6) is 17.4 Å². The first-order chi connectivity index (χ1) is 8.67. The van der Waals surface area contributed by atoms with Crippen LogP contribution < -0.4 is 9.47 Å². The molecule has 0 aliphatic carbocycles. The summed E-state index contributed by atoms with van der Waals surface area (Å²) in [6.45, 7) is 1.96. The molecule has 5 heteroatoms. The maximum absolute atomic E-state index is 5.92. The van der Waals surface area contributed by atoms with Gasteiger partial charge >= 0.3 is 0 Å². The van der Waals surface area contributed by atoms with Crippen LogP contribution in [0.4, 0.5) is 0 Å². The molecule has 0 saturated carbocycles. The molecule has 0 radical (unpaired) electrons. The molecule has 0 spiro atoms. The molecule has 96 valence electrons. The van der Waals surface area contributed by atoms with Crippen LogP contribution in [0.15, 0.2) is 24.3 Å². The third-order valence-electron chi connectivity index (χ3n) is 2.70. The molecule has 4 nitrogen and oxygen atoms in total. The van der Waals surface area contributed by atoms with Gasteiger partial charge in [-0.25, -0.2) is 4.68 Å². The van der Waals surface area contributed by atoms with Gasteiger partial charge in [0.1, 0.15) is 0 Å². The number of para-hydroxylation sites is 2. The highest BCUT2D eigenvalue weighted by atomic mass is 79.9. The summed E-state index contributed by atoms with van der Waals surface area (Å²) in [6.07, 6.45) is 0. The van der Waals surface area contributed by atoms with Crippen molar-refractivity contribution in [1.29, 1.82) is 0 Å². The maximum atomic E-state index is 5.92. The van der Waals surface area contributed by atoms with Crippen molar-refractivity contribution in [3.63, 3.8) is 0 Å². The van der Waals surface area contributed by atoms with Crippen molar-refractivity contribution in [2.45, 2.75) is 12.3 Å². The Balaban J connectivity index is 2.39. The second-order valence-corrected chi connectivity index (χ2v) is 4.44. The number of aromatic nitrogens is 2. The Labute approximate surface area is 115 Å². The lowest BCUT2D eigenvalue weighted by atomic mass is 10.3. The molecule has 0 amide bonds. The van der Waals surface area contributed by atoms with Crippen molar-refractivity contribution >= 4 is 15.9 Å². The van der Waals surface area contributed by atoms with E-state index in [4.69, 9.17) is 9.47 Å². The second-order valence-electron chi connectivity index (χ2n) is 3.88.